The average molecular weight is 213 g/mol. The van der Waals surface area contributed by atoms with Crippen molar-refractivity contribution in [2.45, 2.75) is 39.3 Å². The lowest BCUT2D eigenvalue weighted by Gasteiger charge is -2.34. The van der Waals surface area contributed by atoms with Crippen molar-refractivity contribution < 1.29 is 4.79 Å². The van der Waals surface area contributed by atoms with E-state index in [9.17, 15) is 4.79 Å². The van der Waals surface area contributed by atoms with E-state index in [1.807, 2.05) is 20.8 Å². The maximum Gasteiger partial charge on any atom is 0.234 e. The average Bonchev–Trinajstić information content (AvgIpc) is 2.05. The first kappa shape index (κ1) is 12.5. The molecule has 1 aliphatic heterocycles. The Hall–Kier alpha value is -0.610. The third-order valence-electron chi connectivity index (χ3n) is 2.50. The first-order valence-corrected chi connectivity index (χ1v) is 5.64. The van der Waals surface area contributed by atoms with Crippen LogP contribution in [0.2, 0.25) is 0 Å². The molecule has 1 heterocycles. The molecule has 4 nitrogen and oxygen atoms in total. The molecule has 4 heteroatoms. The Balaban J connectivity index is 2.36. The smallest absolute Gasteiger partial charge is 0.234 e. The molecular formula is C11H23N3O. The molecule has 0 aromatic carbocycles. The first-order chi connectivity index (χ1) is 6.88. The standard InChI is InChI=1S/C11H23N3O/c1-9-7-12-5-6-14(9)8-10(15)13-11(2,3)4/h9,12H,5-8H2,1-4H3,(H,13,15). The van der Waals surface area contributed by atoms with Crippen molar-refractivity contribution in [3.8, 4) is 0 Å². The zero-order valence-corrected chi connectivity index (χ0v) is 10.3. The Morgan fingerprint density at radius 1 is 1.53 bits per heavy atom. The van der Waals surface area contributed by atoms with Crippen molar-refractivity contribution in [2.24, 2.45) is 0 Å². The zero-order valence-electron chi connectivity index (χ0n) is 10.3. The van der Waals surface area contributed by atoms with Gasteiger partial charge in [0.05, 0.1) is 6.54 Å². The summed E-state index contributed by atoms with van der Waals surface area (Å²) in [7, 11) is 0. The van der Waals surface area contributed by atoms with Crippen LogP contribution in [-0.2, 0) is 4.79 Å². The fourth-order valence-electron chi connectivity index (χ4n) is 1.76. The number of piperazine rings is 1. The van der Waals surface area contributed by atoms with Gasteiger partial charge < -0.3 is 10.6 Å². The van der Waals surface area contributed by atoms with Crippen molar-refractivity contribution in [3.05, 3.63) is 0 Å². The van der Waals surface area contributed by atoms with E-state index in [0.717, 1.165) is 19.6 Å². The molecule has 0 bridgehead atoms. The molecule has 1 aliphatic rings. The van der Waals surface area contributed by atoms with Crippen LogP contribution in [0.3, 0.4) is 0 Å². The number of carbonyl (C=O) groups is 1. The molecule has 0 aliphatic carbocycles. The lowest BCUT2D eigenvalue weighted by atomic mass is 10.1. The Labute approximate surface area is 92.4 Å². The van der Waals surface area contributed by atoms with E-state index in [1.165, 1.54) is 0 Å². The molecule has 1 fully saturated rings. The van der Waals surface area contributed by atoms with Crippen LogP contribution in [0, 0.1) is 0 Å². The van der Waals surface area contributed by atoms with Gasteiger partial charge in [-0.15, -0.1) is 0 Å². The molecule has 0 aromatic heterocycles. The molecule has 15 heavy (non-hydrogen) atoms. The van der Waals surface area contributed by atoms with E-state index >= 15 is 0 Å². The molecule has 0 spiro atoms. The summed E-state index contributed by atoms with van der Waals surface area (Å²) in [5, 5.41) is 6.30. The number of hydrogen-bond donors (Lipinski definition) is 2. The summed E-state index contributed by atoms with van der Waals surface area (Å²) >= 11 is 0. The SMILES string of the molecule is CC1CNCCN1CC(=O)NC(C)(C)C. The summed E-state index contributed by atoms with van der Waals surface area (Å²) in [5.74, 6) is 0.122. The van der Waals surface area contributed by atoms with Crippen molar-refractivity contribution in [2.75, 3.05) is 26.2 Å². The summed E-state index contributed by atoms with van der Waals surface area (Å²) in [4.78, 5) is 13.9. The molecular weight excluding hydrogens is 190 g/mol. The highest BCUT2D eigenvalue weighted by molar-refractivity contribution is 5.78. The lowest BCUT2D eigenvalue weighted by Crippen LogP contribution is -2.54. The van der Waals surface area contributed by atoms with Gasteiger partial charge in [-0.2, -0.15) is 0 Å². The Kier molecular flexibility index (Phi) is 4.11. The predicted octanol–water partition coefficient (Wildman–Crippen LogP) is 0.195. The molecule has 88 valence electrons. The summed E-state index contributed by atoms with van der Waals surface area (Å²) < 4.78 is 0. The normalized spacial score (nSPS) is 23.9. The Bertz CT molecular complexity index is 222. The van der Waals surface area contributed by atoms with Crippen LogP contribution >= 0.6 is 0 Å². The van der Waals surface area contributed by atoms with Gasteiger partial charge in [-0.05, 0) is 27.7 Å². The van der Waals surface area contributed by atoms with E-state index in [1.54, 1.807) is 0 Å². The second kappa shape index (κ2) is 4.94. The van der Waals surface area contributed by atoms with Crippen LogP contribution in [0.1, 0.15) is 27.7 Å². The minimum absolute atomic E-state index is 0.122. The highest BCUT2D eigenvalue weighted by atomic mass is 16.2. The monoisotopic (exact) mass is 213 g/mol. The largest absolute Gasteiger partial charge is 0.350 e. The zero-order chi connectivity index (χ0) is 11.5. The quantitative estimate of drug-likeness (QED) is 0.688. The van der Waals surface area contributed by atoms with Crippen molar-refractivity contribution in [3.63, 3.8) is 0 Å². The van der Waals surface area contributed by atoms with E-state index < -0.39 is 0 Å². The number of hydrogen-bond acceptors (Lipinski definition) is 3. The molecule has 1 unspecified atom stereocenters. The van der Waals surface area contributed by atoms with E-state index in [-0.39, 0.29) is 11.4 Å². The molecule has 0 saturated carbocycles. The lowest BCUT2D eigenvalue weighted by molar-refractivity contribution is -0.124. The molecule has 2 N–H and O–H groups in total. The first-order valence-electron chi connectivity index (χ1n) is 5.64. The van der Waals surface area contributed by atoms with Gasteiger partial charge in [-0.1, -0.05) is 0 Å². The van der Waals surface area contributed by atoms with Gasteiger partial charge in [0.25, 0.3) is 0 Å². The minimum Gasteiger partial charge on any atom is -0.350 e. The van der Waals surface area contributed by atoms with Gasteiger partial charge >= 0.3 is 0 Å². The topological polar surface area (TPSA) is 44.4 Å². The third kappa shape index (κ3) is 4.62. The summed E-state index contributed by atoms with van der Waals surface area (Å²) in [5.41, 5.74) is -0.131. The second-order valence-corrected chi connectivity index (χ2v) is 5.32. The summed E-state index contributed by atoms with van der Waals surface area (Å²) in [6, 6.07) is 0.449. The number of rotatable bonds is 2. The van der Waals surface area contributed by atoms with Crippen molar-refractivity contribution in [1.82, 2.24) is 15.5 Å². The molecule has 1 amide bonds. The van der Waals surface area contributed by atoms with Gasteiger partial charge in [0.1, 0.15) is 0 Å². The van der Waals surface area contributed by atoms with E-state index in [2.05, 4.69) is 22.5 Å². The number of nitrogens with zero attached hydrogens (tertiary/aromatic N) is 1. The van der Waals surface area contributed by atoms with Crippen molar-refractivity contribution in [1.29, 1.82) is 0 Å². The summed E-state index contributed by atoms with van der Waals surface area (Å²) in [6.07, 6.45) is 0. The molecule has 0 radical (unpaired) electrons. The van der Waals surface area contributed by atoms with E-state index in [4.69, 9.17) is 0 Å². The van der Waals surface area contributed by atoms with Crippen LogP contribution in [0.5, 0.6) is 0 Å². The van der Waals surface area contributed by atoms with E-state index in [0.29, 0.717) is 12.6 Å². The van der Waals surface area contributed by atoms with Crippen LogP contribution in [0.15, 0.2) is 0 Å². The number of carbonyl (C=O) groups excluding carboxylic acids is 1. The van der Waals surface area contributed by atoms with Gasteiger partial charge in [0.15, 0.2) is 0 Å². The maximum atomic E-state index is 11.7. The number of nitrogens with one attached hydrogen (secondary N) is 2. The summed E-state index contributed by atoms with van der Waals surface area (Å²) in [6.45, 7) is 11.6. The van der Waals surface area contributed by atoms with Crippen molar-refractivity contribution >= 4 is 5.91 Å². The van der Waals surface area contributed by atoms with Crippen LogP contribution < -0.4 is 10.6 Å². The highest BCUT2D eigenvalue weighted by Gasteiger charge is 2.22. The highest BCUT2D eigenvalue weighted by Crippen LogP contribution is 2.03. The molecule has 1 atom stereocenters. The molecule has 0 aromatic rings. The maximum absolute atomic E-state index is 11.7. The molecule has 1 saturated heterocycles. The fraction of sp³-hybridized carbons (Fsp3) is 0.909. The predicted molar refractivity (Wildman–Crippen MR) is 61.8 cm³/mol. The Morgan fingerprint density at radius 2 is 2.20 bits per heavy atom. The van der Waals surface area contributed by atoms with Gasteiger partial charge in [-0.25, -0.2) is 0 Å². The van der Waals surface area contributed by atoms with Crippen LogP contribution in [-0.4, -0.2) is 48.6 Å². The Morgan fingerprint density at radius 3 is 2.73 bits per heavy atom. The van der Waals surface area contributed by atoms with Crippen LogP contribution in [0.4, 0.5) is 0 Å². The van der Waals surface area contributed by atoms with Gasteiger partial charge in [0, 0.05) is 31.2 Å². The van der Waals surface area contributed by atoms with Crippen LogP contribution in [0.25, 0.3) is 0 Å². The minimum atomic E-state index is -0.131. The number of amides is 1. The molecule has 1 rings (SSSR count). The fourth-order valence-corrected chi connectivity index (χ4v) is 1.76. The van der Waals surface area contributed by atoms with Gasteiger partial charge in [-0.3, -0.25) is 9.69 Å². The van der Waals surface area contributed by atoms with Gasteiger partial charge in [0.2, 0.25) is 5.91 Å². The third-order valence-corrected chi connectivity index (χ3v) is 2.50. The second-order valence-electron chi connectivity index (χ2n) is 5.32.